The standard InChI is InChI=1S/C34H52O4S/c1-23(2)7-6-8-25(4)30-15-16-31-29-14-11-26-21-27(38-39(36,37)28-12-9-24(3)10-13-28)17-20-34(26,22-35)32(29)18-19-33(30,31)5/h9-13,23,25,27,29-32,35H,6-8,14-22H2,1-5H3/t25-,27+,29+,30-,31+,32+,33-,34-/m1/s1. The zero-order valence-corrected chi connectivity index (χ0v) is 25.8. The van der Waals surface area contributed by atoms with Crippen molar-refractivity contribution < 1.29 is 17.7 Å². The van der Waals surface area contributed by atoms with E-state index in [9.17, 15) is 13.5 Å². The molecule has 4 aliphatic carbocycles. The van der Waals surface area contributed by atoms with Crippen molar-refractivity contribution in [2.75, 3.05) is 6.61 Å². The lowest BCUT2D eigenvalue weighted by Gasteiger charge is -2.59. The molecule has 218 valence electrons. The van der Waals surface area contributed by atoms with Crippen LogP contribution in [0.1, 0.15) is 104 Å². The van der Waals surface area contributed by atoms with Gasteiger partial charge in [0.2, 0.25) is 0 Å². The van der Waals surface area contributed by atoms with Crippen molar-refractivity contribution >= 4 is 10.1 Å². The third-order valence-electron chi connectivity index (χ3n) is 11.8. The zero-order chi connectivity index (χ0) is 28.0. The van der Waals surface area contributed by atoms with Gasteiger partial charge in [-0.05, 0) is 111 Å². The zero-order valence-electron chi connectivity index (χ0n) is 25.0. The number of benzene rings is 1. The SMILES string of the molecule is Cc1ccc(S(=O)(=O)O[C@H]2CC[C@@]3(CO)C(=CC[C@@H]4[C@@H]3CC[C@]3(C)[C@@H]([C@H](C)CCCC(C)C)CC[C@@H]43)C2)cc1. The fraction of sp³-hybridized carbons (Fsp3) is 0.765. The number of fused-ring (bicyclic) bond motifs is 5. The Morgan fingerprint density at radius 3 is 2.44 bits per heavy atom. The van der Waals surface area contributed by atoms with Crippen molar-refractivity contribution in [2.24, 2.45) is 46.3 Å². The van der Waals surface area contributed by atoms with Crippen molar-refractivity contribution in [3.63, 3.8) is 0 Å². The third kappa shape index (κ3) is 5.42. The molecule has 5 heteroatoms. The van der Waals surface area contributed by atoms with Crippen molar-refractivity contribution in [3.05, 3.63) is 41.5 Å². The smallest absolute Gasteiger partial charge is 0.297 e. The molecular weight excluding hydrogens is 504 g/mol. The van der Waals surface area contributed by atoms with E-state index >= 15 is 0 Å². The van der Waals surface area contributed by atoms with Crippen LogP contribution < -0.4 is 0 Å². The molecule has 3 saturated carbocycles. The van der Waals surface area contributed by atoms with E-state index in [0.29, 0.717) is 30.1 Å². The van der Waals surface area contributed by atoms with Crippen LogP contribution in [0.2, 0.25) is 0 Å². The van der Waals surface area contributed by atoms with Crippen molar-refractivity contribution in [3.8, 4) is 0 Å². The molecule has 1 aromatic carbocycles. The summed E-state index contributed by atoms with van der Waals surface area (Å²) in [5.74, 6) is 4.29. The normalized spacial score (nSPS) is 37.1. The van der Waals surface area contributed by atoms with Crippen molar-refractivity contribution in [1.82, 2.24) is 0 Å². The number of aryl methyl sites for hydroxylation is 1. The molecule has 3 fully saturated rings. The summed E-state index contributed by atoms with van der Waals surface area (Å²) in [7, 11) is -3.80. The summed E-state index contributed by atoms with van der Waals surface area (Å²) in [5, 5.41) is 10.9. The number of rotatable bonds is 9. The first-order valence-electron chi connectivity index (χ1n) is 15.8. The second-order valence-electron chi connectivity index (χ2n) is 14.4. The van der Waals surface area contributed by atoms with Crippen LogP contribution in [0.3, 0.4) is 0 Å². The van der Waals surface area contributed by atoms with Crippen molar-refractivity contribution in [2.45, 2.75) is 116 Å². The molecule has 0 radical (unpaired) electrons. The van der Waals surface area contributed by atoms with Gasteiger partial charge in [0.1, 0.15) is 0 Å². The topological polar surface area (TPSA) is 63.6 Å². The summed E-state index contributed by atoms with van der Waals surface area (Å²) in [4.78, 5) is 0.227. The first-order chi connectivity index (χ1) is 18.5. The van der Waals surface area contributed by atoms with Crippen LogP contribution >= 0.6 is 0 Å². The summed E-state index contributed by atoms with van der Waals surface area (Å²) in [6.07, 6.45) is 14.5. The van der Waals surface area contributed by atoms with E-state index in [-0.39, 0.29) is 23.0 Å². The minimum atomic E-state index is -3.80. The second-order valence-corrected chi connectivity index (χ2v) is 16.0. The van der Waals surface area contributed by atoms with Crippen LogP contribution in [0.15, 0.2) is 40.8 Å². The fourth-order valence-corrected chi connectivity index (χ4v) is 10.9. The predicted molar refractivity (Wildman–Crippen MR) is 158 cm³/mol. The molecule has 4 aliphatic rings. The second kappa shape index (κ2) is 11.2. The van der Waals surface area contributed by atoms with Gasteiger partial charge < -0.3 is 5.11 Å². The highest BCUT2D eigenvalue weighted by molar-refractivity contribution is 7.86. The van der Waals surface area contributed by atoms with Crippen LogP contribution in [0.4, 0.5) is 0 Å². The van der Waals surface area contributed by atoms with Gasteiger partial charge >= 0.3 is 0 Å². The molecule has 8 atom stereocenters. The van der Waals surface area contributed by atoms with Crippen LogP contribution in [-0.2, 0) is 14.3 Å². The van der Waals surface area contributed by atoms with Gasteiger partial charge in [-0.15, -0.1) is 0 Å². The molecule has 0 aromatic heterocycles. The van der Waals surface area contributed by atoms with Gasteiger partial charge in [-0.1, -0.05) is 76.3 Å². The average molecular weight is 557 g/mol. The Labute approximate surface area is 238 Å². The van der Waals surface area contributed by atoms with E-state index in [0.717, 1.165) is 42.1 Å². The maximum absolute atomic E-state index is 13.0. The van der Waals surface area contributed by atoms with Gasteiger partial charge in [0.05, 0.1) is 17.6 Å². The van der Waals surface area contributed by atoms with Gasteiger partial charge in [0.15, 0.2) is 0 Å². The quantitative estimate of drug-likeness (QED) is 0.247. The first-order valence-corrected chi connectivity index (χ1v) is 17.2. The Hall–Kier alpha value is -1.17. The highest BCUT2D eigenvalue weighted by atomic mass is 32.2. The van der Waals surface area contributed by atoms with Crippen LogP contribution in [0.25, 0.3) is 0 Å². The number of allylic oxidation sites excluding steroid dienone is 1. The van der Waals surface area contributed by atoms with E-state index in [1.807, 2.05) is 19.1 Å². The Morgan fingerprint density at radius 1 is 1.00 bits per heavy atom. The average Bonchev–Trinajstić information content (AvgIpc) is 3.25. The monoisotopic (exact) mass is 556 g/mol. The minimum absolute atomic E-state index is 0.176. The number of aliphatic hydroxyl groups is 1. The number of hydrogen-bond donors (Lipinski definition) is 1. The first kappa shape index (κ1) is 29.3. The summed E-state index contributed by atoms with van der Waals surface area (Å²) >= 11 is 0. The van der Waals surface area contributed by atoms with Gasteiger partial charge in [0.25, 0.3) is 10.1 Å². The molecule has 5 rings (SSSR count). The molecule has 1 aromatic rings. The van der Waals surface area contributed by atoms with Gasteiger partial charge in [-0.2, -0.15) is 8.42 Å². The Balaban J connectivity index is 1.30. The maximum Gasteiger partial charge on any atom is 0.297 e. The minimum Gasteiger partial charge on any atom is -0.395 e. The molecule has 0 unspecified atom stereocenters. The summed E-state index contributed by atoms with van der Waals surface area (Å²) in [5.41, 5.74) is 2.52. The molecular formula is C34H52O4S. The highest BCUT2D eigenvalue weighted by Crippen LogP contribution is 2.67. The molecule has 0 spiro atoms. The Kier molecular flexibility index (Phi) is 8.46. The third-order valence-corrected chi connectivity index (χ3v) is 13.2. The lowest BCUT2D eigenvalue weighted by Crippen LogP contribution is -2.53. The molecule has 0 bridgehead atoms. The maximum atomic E-state index is 13.0. The largest absolute Gasteiger partial charge is 0.395 e. The van der Waals surface area contributed by atoms with Crippen LogP contribution in [-0.4, -0.2) is 26.2 Å². The summed E-state index contributed by atoms with van der Waals surface area (Å²) < 4.78 is 31.8. The molecule has 0 heterocycles. The molecule has 39 heavy (non-hydrogen) atoms. The van der Waals surface area contributed by atoms with Crippen molar-refractivity contribution in [1.29, 1.82) is 0 Å². The molecule has 1 N–H and O–H groups in total. The lowest BCUT2D eigenvalue weighted by molar-refractivity contribution is -0.0778. The van der Waals surface area contributed by atoms with Crippen LogP contribution in [0, 0.1) is 53.3 Å². The van der Waals surface area contributed by atoms with Gasteiger partial charge in [0, 0.05) is 5.41 Å². The molecule has 4 nitrogen and oxygen atoms in total. The van der Waals surface area contributed by atoms with E-state index in [2.05, 4.69) is 33.8 Å². The number of aliphatic hydroxyl groups excluding tert-OH is 1. The predicted octanol–water partition coefficient (Wildman–Crippen LogP) is 8.08. The van der Waals surface area contributed by atoms with Gasteiger partial charge in [-0.25, -0.2) is 0 Å². The molecule has 0 saturated heterocycles. The lowest BCUT2D eigenvalue weighted by atomic mass is 9.46. The van der Waals surface area contributed by atoms with E-state index in [1.54, 1.807) is 12.1 Å². The van der Waals surface area contributed by atoms with E-state index in [1.165, 1.54) is 50.5 Å². The molecule has 0 amide bonds. The van der Waals surface area contributed by atoms with Gasteiger partial charge in [-0.3, -0.25) is 4.18 Å². The summed E-state index contributed by atoms with van der Waals surface area (Å²) in [6.45, 7) is 11.9. The Bertz CT molecular complexity index is 1140. The van der Waals surface area contributed by atoms with E-state index < -0.39 is 10.1 Å². The van der Waals surface area contributed by atoms with E-state index in [4.69, 9.17) is 4.18 Å². The van der Waals surface area contributed by atoms with Crippen LogP contribution in [0.5, 0.6) is 0 Å². The molecule has 0 aliphatic heterocycles. The summed E-state index contributed by atoms with van der Waals surface area (Å²) in [6, 6.07) is 6.90. The Morgan fingerprint density at radius 2 is 1.74 bits per heavy atom. The highest BCUT2D eigenvalue weighted by Gasteiger charge is 2.60. The fourth-order valence-electron chi connectivity index (χ4n) is 9.76. The number of hydrogen-bond acceptors (Lipinski definition) is 4.